The molecule has 24 heavy (non-hydrogen) atoms. The van der Waals surface area contributed by atoms with E-state index in [1.54, 1.807) is 25.1 Å². The predicted molar refractivity (Wildman–Crippen MR) is 97.9 cm³/mol. The molecular formula is C14H14N4O3S3. The lowest BCUT2D eigenvalue weighted by molar-refractivity contribution is -0.384. The largest absolute Gasteiger partial charge is 0.300 e. The van der Waals surface area contributed by atoms with Crippen molar-refractivity contribution in [3.05, 3.63) is 47.0 Å². The van der Waals surface area contributed by atoms with E-state index >= 15 is 0 Å². The van der Waals surface area contributed by atoms with Gasteiger partial charge in [0.2, 0.25) is 11.0 Å². The molecule has 0 aliphatic carbocycles. The third kappa shape index (κ3) is 5.32. The maximum Gasteiger partial charge on any atom is 0.269 e. The van der Waals surface area contributed by atoms with Crippen molar-refractivity contribution < 1.29 is 9.72 Å². The summed E-state index contributed by atoms with van der Waals surface area (Å²) in [5.74, 6) is 0.532. The van der Waals surface area contributed by atoms with Crippen LogP contribution in [0.1, 0.15) is 6.92 Å². The molecule has 0 fully saturated rings. The molecule has 0 spiro atoms. The van der Waals surface area contributed by atoms with Gasteiger partial charge in [-0.25, -0.2) is 0 Å². The zero-order chi connectivity index (χ0) is 17.5. The van der Waals surface area contributed by atoms with Gasteiger partial charge in [-0.2, -0.15) is 0 Å². The number of hydrogen-bond acceptors (Lipinski definition) is 8. The van der Waals surface area contributed by atoms with E-state index < -0.39 is 4.92 Å². The number of anilines is 1. The Hall–Kier alpha value is -1.91. The third-order valence-corrected chi connectivity index (χ3v) is 5.77. The van der Waals surface area contributed by atoms with Crippen molar-refractivity contribution in [1.29, 1.82) is 0 Å². The molecule has 0 saturated heterocycles. The molecule has 1 aromatic carbocycles. The number of hydrogen-bond donors (Lipinski definition) is 1. The van der Waals surface area contributed by atoms with Crippen LogP contribution >= 0.6 is 34.9 Å². The van der Waals surface area contributed by atoms with Crippen LogP contribution in [0.2, 0.25) is 0 Å². The van der Waals surface area contributed by atoms with Crippen molar-refractivity contribution >= 4 is 51.6 Å². The number of nitrogens with zero attached hydrogens (tertiary/aromatic N) is 3. The average Bonchev–Trinajstić information content (AvgIpc) is 3.00. The van der Waals surface area contributed by atoms with Gasteiger partial charge in [0, 0.05) is 22.8 Å². The molecule has 0 aliphatic rings. The maximum atomic E-state index is 12.2. The van der Waals surface area contributed by atoms with E-state index in [9.17, 15) is 14.9 Å². The molecule has 7 nitrogen and oxygen atoms in total. The van der Waals surface area contributed by atoms with E-state index in [4.69, 9.17) is 0 Å². The summed E-state index contributed by atoms with van der Waals surface area (Å²) in [6.45, 7) is 5.39. The fourth-order valence-electron chi connectivity index (χ4n) is 1.56. The van der Waals surface area contributed by atoms with Gasteiger partial charge in [-0.15, -0.1) is 28.5 Å². The van der Waals surface area contributed by atoms with E-state index in [-0.39, 0.29) is 16.8 Å². The van der Waals surface area contributed by atoms with Gasteiger partial charge in [0.15, 0.2) is 4.34 Å². The van der Waals surface area contributed by atoms with Gasteiger partial charge in [-0.05, 0) is 19.1 Å². The van der Waals surface area contributed by atoms with Gasteiger partial charge in [-0.3, -0.25) is 20.2 Å². The second-order valence-electron chi connectivity index (χ2n) is 4.47. The Balaban J connectivity index is 1.90. The van der Waals surface area contributed by atoms with Gasteiger partial charge >= 0.3 is 0 Å². The fraction of sp³-hybridized carbons (Fsp3) is 0.214. The quantitative estimate of drug-likeness (QED) is 0.243. The highest BCUT2D eigenvalue weighted by Crippen LogP contribution is 2.28. The van der Waals surface area contributed by atoms with Gasteiger partial charge in [0.25, 0.3) is 5.69 Å². The van der Waals surface area contributed by atoms with Crippen LogP contribution in [-0.4, -0.2) is 32.0 Å². The van der Waals surface area contributed by atoms with E-state index in [1.807, 2.05) is 0 Å². The van der Waals surface area contributed by atoms with Crippen LogP contribution in [0.4, 0.5) is 10.8 Å². The summed E-state index contributed by atoms with van der Waals surface area (Å²) in [6, 6.07) is 6.09. The summed E-state index contributed by atoms with van der Waals surface area (Å²) in [5.41, 5.74) is 0.0230. The molecule has 2 rings (SSSR count). The molecule has 0 unspecified atom stereocenters. The first-order valence-corrected chi connectivity index (χ1v) is 9.47. The second-order valence-corrected chi connectivity index (χ2v) is 8.13. The number of nitro benzene ring substituents is 1. The molecule has 0 aliphatic heterocycles. The molecular weight excluding hydrogens is 368 g/mol. The van der Waals surface area contributed by atoms with Crippen molar-refractivity contribution in [3.63, 3.8) is 0 Å². The first-order valence-electron chi connectivity index (χ1n) is 6.78. The minimum absolute atomic E-state index is 0.0230. The number of nitrogens with one attached hydrogen (secondary N) is 1. The van der Waals surface area contributed by atoms with Gasteiger partial charge in [0.1, 0.15) is 0 Å². The molecule has 126 valence electrons. The molecule has 1 atom stereocenters. The number of thioether (sulfide) groups is 2. The zero-order valence-corrected chi connectivity index (χ0v) is 15.1. The minimum atomic E-state index is -0.456. The number of carbonyl (C=O) groups excluding carboxylic acids is 1. The van der Waals surface area contributed by atoms with Crippen LogP contribution in [0.5, 0.6) is 0 Å². The Labute approximate surface area is 151 Å². The molecule has 2 aromatic rings. The molecule has 1 heterocycles. The van der Waals surface area contributed by atoms with E-state index in [2.05, 4.69) is 22.1 Å². The van der Waals surface area contributed by atoms with Crippen molar-refractivity contribution in [2.75, 3.05) is 11.1 Å². The lowest BCUT2D eigenvalue weighted by atomic mass is 10.3. The standard InChI is InChI=1S/C14H14N4O3S3/c1-3-8-22-14-17-16-13(24-14)15-12(19)9(2)23-11-6-4-10(5-7-11)18(20)21/h3-7,9H,1,8H2,2H3,(H,15,16,19)/t9-/m0/s1. The SMILES string of the molecule is C=CCSc1nnc(NC(=O)[C@H](C)Sc2ccc([N+](=O)[O-])cc2)s1. The number of nitro groups is 1. The molecule has 1 aromatic heterocycles. The number of amides is 1. The molecule has 0 bridgehead atoms. The Morgan fingerprint density at radius 3 is 2.79 bits per heavy atom. The Bertz CT molecular complexity index is 733. The molecule has 1 amide bonds. The first kappa shape index (κ1) is 18.4. The lowest BCUT2D eigenvalue weighted by Crippen LogP contribution is -2.22. The number of non-ortho nitro benzene ring substituents is 1. The Kier molecular flexibility index (Phi) is 6.76. The highest BCUT2D eigenvalue weighted by atomic mass is 32.2. The summed E-state index contributed by atoms with van der Waals surface area (Å²) in [4.78, 5) is 23.1. The predicted octanol–water partition coefficient (Wildman–Crippen LogP) is 3.84. The lowest BCUT2D eigenvalue weighted by Gasteiger charge is -2.09. The van der Waals surface area contributed by atoms with Crippen molar-refractivity contribution in [2.45, 2.75) is 21.4 Å². The maximum absolute atomic E-state index is 12.2. The van der Waals surface area contributed by atoms with Gasteiger partial charge in [0.05, 0.1) is 10.2 Å². The summed E-state index contributed by atoms with van der Waals surface area (Å²) < 4.78 is 0.765. The average molecular weight is 382 g/mol. The smallest absolute Gasteiger partial charge is 0.269 e. The first-order chi connectivity index (χ1) is 11.5. The van der Waals surface area contributed by atoms with Crippen LogP contribution in [-0.2, 0) is 4.79 Å². The minimum Gasteiger partial charge on any atom is -0.300 e. The summed E-state index contributed by atoms with van der Waals surface area (Å²) in [7, 11) is 0. The highest BCUT2D eigenvalue weighted by Gasteiger charge is 2.17. The van der Waals surface area contributed by atoms with Crippen LogP contribution in [0.15, 0.2) is 46.2 Å². The van der Waals surface area contributed by atoms with E-state index in [0.717, 1.165) is 15.0 Å². The Morgan fingerprint density at radius 2 is 2.17 bits per heavy atom. The summed E-state index contributed by atoms with van der Waals surface area (Å²) in [6.07, 6.45) is 1.77. The normalized spacial score (nSPS) is 11.7. The van der Waals surface area contributed by atoms with Gasteiger partial charge in [-0.1, -0.05) is 29.2 Å². The highest BCUT2D eigenvalue weighted by molar-refractivity contribution is 8.01. The number of carbonyl (C=O) groups is 1. The Morgan fingerprint density at radius 1 is 1.46 bits per heavy atom. The van der Waals surface area contributed by atoms with Crippen molar-refractivity contribution in [3.8, 4) is 0 Å². The third-order valence-electron chi connectivity index (χ3n) is 2.69. The van der Waals surface area contributed by atoms with Crippen LogP contribution in [0.3, 0.4) is 0 Å². The number of benzene rings is 1. The monoisotopic (exact) mass is 382 g/mol. The fourth-order valence-corrected chi connectivity index (χ4v) is 3.94. The van der Waals surface area contributed by atoms with Gasteiger partial charge < -0.3 is 0 Å². The number of rotatable bonds is 8. The summed E-state index contributed by atoms with van der Waals surface area (Å²) >= 11 is 4.12. The number of aromatic nitrogens is 2. The van der Waals surface area contributed by atoms with E-state index in [1.165, 1.54) is 47.0 Å². The molecule has 0 radical (unpaired) electrons. The van der Waals surface area contributed by atoms with Crippen molar-refractivity contribution in [2.24, 2.45) is 0 Å². The zero-order valence-electron chi connectivity index (χ0n) is 12.7. The van der Waals surface area contributed by atoms with Crippen molar-refractivity contribution in [1.82, 2.24) is 10.2 Å². The molecule has 1 N–H and O–H groups in total. The topological polar surface area (TPSA) is 98.0 Å². The van der Waals surface area contributed by atoms with Crippen LogP contribution in [0.25, 0.3) is 0 Å². The van der Waals surface area contributed by atoms with Crippen LogP contribution in [0, 0.1) is 10.1 Å². The molecule has 0 saturated carbocycles. The second kappa shape index (κ2) is 8.81. The van der Waals surface area contributed by atoms with Crippen LogP contribution < -0.4 is 5.32 Å². The molecule has 10 heteroatoms. The summed E-state index contributed by atoms with van der Waals surface area (Å²) in [5, 5.41) is 21.3. The van der Waals surface area contributed by atoms with E-state index in [0.29, 0.717) is 5.13 Å².